The van der Waals surface area contributed by atoms with E-state index in [1.807, 2.05) is 0 Å². The van der Waals surface area contributed by atoms with E-state index >= 15 is 0 Å². The third kappa shape index (κ3) is 3.92. The first-order chi connectivity index (χ1) is 11.5. The summed E-state index contributed by atoms with van der Waals surface area (Å²) < 4.78 is 5.16. The number of hydrogen-bond donors (Lipinski definition) is 3. The minimum absolute atomic E-state index is 0.0788. The van der Waals surface area contributed by atoms with Gasteiger partial charge in [-0.15, -0.1) is 0 Å². The van der Waals surface area contributed by atoms with Crippen molar-refractivity contribution in [3.05, 3.63) is 30.0 Å². The Morgan fingerprint density at radius 3 is 2.71 bits per heavy atom. The number of anilines is 1. The number of carboxylic acids is 1. The number of carbonyl (C=O) groups excluding carboxylic acids is 2. The summed E-state index contributed by atoms with van der Waals surface area (Å²) in [5, 5.41) is 15.1. The third-order valence-electron chi connectivity index (χ3n) is 3.84. The lowest BCUT2D eigenvalue weighted by Crippen LogP contribution is -2.26. The summed E-state index contributed by atoms with van der Waals surface area (Å²) in [6.07, 6.45) is 2.80. The van der Waals surface area contributed by atoms with E-state index in [1.54, 1.807) is 18.2 Å². The number of benzene rings is 1. The average Bonchev–Trinajstić information content (AvgIpc) is 3.30. The summed E-state index contributed by atoms with van der Waals surface area (Å²) in [6.45, 7) is 0.492. The number of amides is 2. The molecule has 1 heterocycles. The Hall–Kier alpha value is -2.83. The van der Waals surface area contributed by atoms with E-state index in [-0.39, 0.29) is 23.5 Å². The molecule has 7 nitrogen and oxygen atoms in total. The van der Waals surface area contributed by atoms with E-state index < -0.39 is 5.97 Å². The van der Waals surface area contributed by atoms with Crippen molar-refractivity contribution in [2.75, 3.05) is 11.9 Å². The number of nitrogens with one attached hydrogen (secondary N) is 2. The number of furan rings is 1. The fourth-order valence-electron chi connectivity index (χ4n) is 2.40. The van der Waals surface area contributed by atoms with E-state index in [1.165, 1.54) is 6.07 Å². The van der Waals surface area contributed by atoms with Gasteiger partial charge in [-0.3, -0.25) is 9.59 Å². The molecular weight excluding hydrogens is 312 g/mol. The second-order valence-corrected chi connectivity index (χ2v) is 5.89. The number of rotatable bonds is 7. The minimum atomic E-state index is -1.13. The van der Waals surface area contributed by atoms with Gasteiger partial charge in [-0.25, -0.2) is 4.79 Å². The zero-order chi connectivity index (χ0) is 17.1. The van der Waals surface area contributed by atoms with Crippen LogP contribution in [0.15, 0.2) is 28.7 Å². The Labute approximate surface area is 138 Å². The number of fused-ring (bicyclic) bond motifs is 1. The van der Waals surface area contributed by atoms with Crippen molar-refractivity contribution in [1.82, 2.24) is 5.32 Å². The van der Waals surface area contributed by atoms with Crippen LogP contribution in [0.3, 0.4) is 0 Å². The van der Waals surface area contributed by atoms with Crippen LogP contribution in [0.2, 0.25) is 0 Å². The Bertz CT molecular complexity index is 791. The zero-order valence-corrected chi connectivity index (χ0v) is 13.0. The molecule has 1 saturated carbocycles. The molecule has 1 fully saturated rings. The molecule has 3 N–H and O–H groups in total. The molecule has 0 unspecified atom stereocenters. The van der Waals surface area contributed by atoms with Gasteiger partial charge in [0, 0.05) is 30.0 Å². The minimum Gasteiger partial charge on any atom is -0.475 e. The molecule has 0 bridgehead atoms. The molecule has 126 valence electrons. The molecule has 7 heteroatoms. The van der Waals surface area contributed by atoms with Gasteiger partial charge in [0.25, 0.3) is 0 Å². The van der Waals surface area contributed by atoms with Gasteiger partial charge in [0.05, 0.1) is 0 Å². The SMILES string of the molecule is O=C(CCCNC(=O)C1CC1)Nc1ccc2oc(C(=O)O)cc2c1. The van der Waals surface area contributed by atoms with Crippen LogP contribution in [0, 0.1) is 5.92 Å². The summed E-state index contributed by atoms with van der Waals surface area (Å²) in [7, 11) is 0. The second kappa shape index (κ2) is 6.74. The molecule has 1 aliphatic carbocycles. The average molecular weight is 330 g/mol. The van der Waals surface area contributed by atoms with Crippen LogP contribution in [0.1, 0.15) is 36.2 Å². The molecule has 2 aromatic rings. The lowest BCUT2D eigenvalue weighted by atomic mass is 10.2. The monoisotopic (exact) mass is 330 g/mol. The van der Waals surface area contributed by atoms with Crippen LogP contribution >= 0.6 is 0 Å². The van der Waals surface area contributed by atoms with Crippen molar-refractivity contribution in [3.63, 3.8) is 0 Å². The van der Waals surface area contributed by atoms with E-state index in [9.17, 15) is 14.4 Å². The van der Waals surface area contributed by atoms with Gasteiger partial charge in [0.2, 0.25) is 17.6 Å². The molecule has 24 heavy (non-hydrogen) atoms. The summed E-state index contributed by atoms with van der Waals surface area (Å²) in [4.78, 5) is 34.2. The molecule has 0 spiro atoms. The van der Waals surface area contributed by atoms with Crippen LogP contribution in [-0.2, 0) is 9.59 Å². The van der Waals surface area contributed by atoms with Gasteiger partial charge >= 0.3 is 5.97 Å². The number of aromatic carboxylic acids is 1. The highest BCUT2D eigenvalue weighted by molar-refractivity contribution is 5.96. The lowest BCUT2D eigenvalue weighted by molar-refractivity contribution is -0.122. The molecule has 0 atom stereocenters. The predicted octanol–water partition coefficient (Wildman–Crippen LogP) is 2.38. The summed E-state index contributed by atoms with van der Waals surface area (Å²) in [5.74, 6) is -1.17. The highest BCUT2D eigenvalue weighted by Crippen LogP contribution is 2.28. The fraction of sp³-hybridized carbons (Fsp3) is 0.353. The fourth-order valence-corrected chi connectivity index (χ4v) is 2.40. The third-order valence-corrected chi connectivity index (χ3v) is 3.84. The first kappa shape index (κ1) is 16.0. The van der Waals surface area contributed by atoms with E-state index in [0.717, 1.165) is 12.8 Å². The Balaban J connectivity index is 1.49. The number of hydrogen-bond acceptors (Lipinski definition) is 4. The summed E-state index contributed by atoms with van der Waals surface area (Å²) in [5.41, 5.74) is 1.03. The molecule has 0 saturated heterocycles. The highest BCUT2D eigenvalue weighted by Gasteiger charge is 2.28. The molecule has 0 radical (unpaired) electrons. The predicted molar refractivity (Wildman–Crippen MR) is 86.8 cm³/mol. The van der Waals surface area contributed by atoms with E-state index in [4.69, 9.17) is 9.52 Å². The molecule has 2 amide bonds. The van der Waals surface area contributed by atoms with Gasteiger partial charge in [0.1, 0.15) is 5.58 Å². The van der Waals surface area contributed by atoms with Gasteiger partial charge in [0.15, 0.2) is 0 Å². The smallest absolute Gasteiger partial charge is 0.371 e. The van der Waals surface area contributed by atoms with Crippen molar-refractivity contribution in [2.24, 2.45) is 5.92 Å². The molecule has 1 aromatic heterocycles. The van der Waals surface area contributed by atoms with Crippen molar-refractivity contribution in [1.29, 1.82) is 0 Å². The van der Waals surface area contributed by atoms with Crippen molar-refractivity contribution in [3.8, 4) is 0 Å². The van der Waals surface area contributed by atoms with E-state index in [2.05, 4.69) is 10.6 Å². The van der Waals surface area contributed by atoms with Crippen molar-refractivity contribution >= 4 is 34.4 Å². The molecular formula is C17H18N2O5. The topological polar surface area (TPSA) is 109 Å². The van der Waals surface area contributed by atoms with Gasteiger partial charge in [-0.05, 0) is 43.5 Å². The maximum atomic E-state index is 11.9. The first-order valence-electron chi connectivity index (χ1n) is 7.87. The molecule has 1 aromatic carbocycles. The molecule has 3 rings (SSSR count). The second-order valence-electron chi connectivity index (χ2n) is 5.89. The van der Waals surface area contributed by atoms with Crippen LogP contribution in [0.25, 0.3) is 11.0 Å². The number of carboxylic acid groups (broad SMARTS) is 1. The Morgan fingerprint density at radius 2 is 2.00 bits per heavy atom. The maximum absolute atomic E-state index is 11.9. The summed E-state index contributed by atoms with van der Waals surface area (Å²) in [6, 6.07) is 6.36. The van der Waals surface area contributed by atoms with Gasteiger partial charge in [-0.1, -0.05) is 0 Å². The van der Waals surface area contributed by atoms with E-state index in [0.29, 0.717) is 36.0 Å². The molecule has 0 aliphatic heterocycles. The van der Waals surface area contributed by atoms with Crippen LogP contribution in [-0.4, -0.2) is 29.4 Å². The van der Waals surface area contributed by atoms with Crippen molar-refractivity contribution < 1.29 is 23.9 Å². The highest BCUT2D eigenvalue weighted by atomic mass is 16.4. The zero-order valence-electron chi connectivity index (χ0n) is 13.0. The normalized spacial score (nSPS) is 13.7. The largest absolute Gasteiger partial charge is 0.475 e. The maximum Gasteiger partial charge on any atom is 0.371 e. The standard InChI is InChI=1S/C17H18N2O5/c20-15(2-1-7-18-16(21)10-3-4-10)19-12-5-6-13-11(8-12)9-14(24-13)17(22)23/h5-6,8-10H,1-4,7H2,(H,18,21)(H,19,20)(H,22,23). The first-order valence-corrected chi connectivity index (χ1v) is 7.87. The van der Waals surface area contributed by atoms with Crippen LogP contribution < -0.4 is 10.6 Å². The van der Waals surface area contributed by atoms with Crippen LogP contribution in [0.4, 0.5) is 5.69 Å². The van der Waals surface area contributed by atoms with Crippen LogP contribution in [0.5, 0.6) is 0 Å². The number of carbonyl (C=O) groups is 3. The van der Waals surface area contributed by atoms with Gasteiger partial charge < -0.3 is 20.2 Å². The quantitative estimate of drug-likeness (QED) is 0.675. The van der Waals surface area contributed by atoms with Gasteiger partial charge in [-0.2, -0.15) is 0 Å². The van der Waals surface area contributed by atoms with Crippen molar-refractivity contribution in [2.45, 2.75) is 25.7 Å². The summed E-state index contributed by atoms with van der Waals surface area (Å²) >= 11 is 0. The Morgan fingerprint density at radius 1 is 1.21 bits per heavy atom. The molecule has 1 aliphatic rings. The Kier molecular flexibility index (Phi) is 4.50. The lowest BCUT2D eigenvalue weighted by Gasteiger charge is -2.06.